The largest absolute Gasteiger partial charge is 0.508 e. The molecule has 1 aliphatic rings. The first kappa shape index (κ1) is 11.6. The van der Waals surface area contributed by atoms with E-state index in [1.54, 1.807) is 27.8 Å². The first-order valence-electron chi connectivity index (χ1n) is 4.84. The normalized spacial score (nSPS) is 16.6. The summed E-state index contributed by atoms with van der Waals surface area (Å²) in [4.78, 5) is 14.8. The topological polar surface area (TPSA) is 48.4 Å². The van der Waals surface area contributed by atoms with Crippen LogP contribution in [0.15, 0.2) is 29.4 Å². The molecule has 1 aliphatic heterocycles. The van der Waals surface area contributed by atoms with E-state index in [1.165, 1.54) is 0 Å². The Morgan fingerprint density at radius 2 is 2.19 bits per heavy atom. The average Bonchev–Trinajstić information content (AvgIpc) is 2.33. The summed E-state index contributed by atoms with van der Waals surface area (Å²) >= 11 is 0. The van der Waals surface area contributed by atoms with Crippen molar-refractivity contribution in [2.45, 2.75) is 5.03 Å². The van der Waals surface area contributed by atoms with Gasteiger partial charge in [0.25, 0.3) is 0 Å². The molecule has 1 aromatic rings. The number of carbonyl (C=O) groups excluding carboxylic acids is 1. The predicted octanol–water partition coefficient (Wildman–Crippen LogP) is 2.60. The van der Waals surface area contributed by atoms with E-state index in [0.717, 1.165) is 10.8 Å². The Kier molecular flexibility index (Phi) is 4.35. The fourth-order valence-electron chi connectivity index (χ4n) is 1.14. The third-order valence-electron chi connectivity index (χ3n) is 1.96. The van der Waals surface area contributed by atoms with Crippen molar-refractivity contribution in [3.8, 4) is 0 Å². The van der Waals surface area contributed by atoms with Gasteiger partial charge in [-0.25, -0.2) is 9.78 Å². The van der Waals surface area contributed by atoms with Crippen LogP contribution in [0.1, 0.15) is 0 Å². The molecule has 6 heteroatoms. The van der Waals surface area contributed by atoms with E-state index < -0.39 is 6.16 Å². The molecule has 0 spiro atoms. The van der Waals surface area contributed by atoms with Crippen LogP contribution in [0.25, 0.3) is 0 Å². The maximum atomic E-state index is 10.6. The van der Waals surface area contributed by atoms with Gasteiger partial charge in [-0.1, -0.05) is 16.9 Å². The summed E-state index contributed by atoms with van der Waals surface area (Å²) in [6.45, 7) is 0.906. The molecule has 1 fully saturated rings. The second-order valence-electron chi connectivity index (χ2n) is 3.27. The summed E-state index contributed by atoms with van der Waals surface area (Å²) in [5.41, 5.74) is 0. The Hall–Kier alpha value is -0.880. The Balaban J connectivity index is 1.67. The van der Waals surface area contributed by atoms with Gasteiger partial charge in [0, 0.05) is 17.9 Å². The standard InChI is InChI=1S/C10H11NO3S2/c12-10-13-5-8(6-14-10)7-15-16-9-3-1-2-4-11-9/h1-4,8H,5-7H2. The highest BCUT2D eigenvalue weighted by Gasteiger charge is 2.20. The minimum absolute atomic E-state index is 0.277. The molecule has 2 heterocycles. The van der Waals surface area contributed by atoms with Crippen molar-refractivity contribution in [2.24, 2.45) is 5.92 Å². The number of aromatic nitrogens is 1. The van der Waals surface area contributed by atoms with E-state index in [0.29, 0.717) is 13.2 Å². The van der Waals surface area contributed by atoms with Gasteiger partial charge in [-0.2, -0.15) is 0 Å². The third-order valence-corrected chi connectivity index (χ3v) is 4.37. The number of hydrogen-bond donors (Lipinski definition) is 0. The summed E-state index contributed by atoms with van der Waals surface area (Å²) < 4.78 is 9.59. The van der Waals surface area contributed by atoms with E-state index in [-0.39, 0.29) is 5.92 Å². The van der Waals surface area contributed by atoms with Crippen LogP contribution in [0.5, 0.6) is 0 Å². The zero-order valence-electron chi connectivity index (χ0n) is 8.50. The second-order valence-corrected chi connectivity index (χ2v) is 5.63. The lowest BCUT2D eigenvalue weighted by Gasteiger charge is -2.20. The highest BCUT2D eigenvalue weighted by atomic mass is 33.1. The van der Waals surface area contributed by atoms with Crippen molar-refractivity contribution in [1.82, 2.24) is 4.98 Å². The monoisotopic (exact) mass is 257 g/mol. The van der Waals surface area contributed by atoms with E-state index in [2.05, 4.69) is 4.98 Å². The molecule has 86 valence electrons. The number of carbonyl (C=O) groups is 1. The summed E-state index contributed by atoms with van der Waals surface area (Å²) in [5, 5.41) is 0.987. The van der Waals surface area contributed by atoms with E-state index in [4.69, 9.17) is 9.47 Å². The van der Waals surface area contributed by atoms with Gasteiger partial charge >= 0.3 is 6.16 Å². The van der Waals surface area contributed by atoms with Gasteiger partial charge in [0.15, 0.2) is 0 Å². The molecule has 0 aromatic carbocycles. The van der Waals surface area contributed by atoms with Crippen molar-refractivity contribution >= 4 is 27.7 Å². The van der Waals surface area contributed by atoms with E-state index in [9.17, 15) is 4.79 Å². The Morgan fingerprint density at radius 3 is 2.88 bits per heavy atom. The molecule has 0 amide bonds. The van der Waals surface area contributed by atoms with Crippen LogP contribution in [0.3, 0.4) is 0 Å². The lowest BCUT2D eigenvalue weighted by molar-refractivity contribution is -0.00578. The fourth-order valence-corrected chi connectivity index (χ4v) is 3.40. The SMILES string of the molecule is O=C1OCC(CSSc2ccccn2)CO1. The number of pyridine rings is 1. The number of hydrogen-bond acceptors (Lipinski definition) is 6. The highest BCUT2D eigenvalue weighted by molar-refractivity contribution is 8.76. The van der Waals surface area contributed by atoms with Crippen LogP contribution in [0, 0.1) is 5.92 Å². The number of nitrogens with zero attached hydrogens (tertiary/aromatic N) is 1. The second kappa shape index (κ2) is 6.00. The summed E-state index contributed by atoms with van der Waals surface area (Å²) in [5.74, 6) is 1.16. The van der Waals surface area contributed by atoms with E-state index in [1.807, 2.05) is 18.2 Å². The van der Waals surface area contributed by atoms with Crippen molar-refractivity contribution < 1.29 is 14.3 Å². The number of cyclic esters (lactones) is 2. The van der Waals surface area contributed by atoms with E-state index >= 15 is 0 Å². The van der Waals surface area contributed by atoms with Crippen LogP contribution in [-0.2, 0) is 9.47 Å². The van der Waals surface area contributed by atoms with Crippen molar-refractivity contribution in [2.75, 3.05) is 19.0 Å². The number of rotatable bonds is 4. The van der Waals surface area contributed by atoms with Crippen LogP contribution in [0.4, 0.5) is 4.79 Å². The van der Waals surface area contributed by atoms with Gasteiger partial charge in [0.2, 0.25) is 0 Å². The molecule has 0 aliphatic carbocycles. The number of ether oxygens (including phenoxy) is 2. The summed E-state index contributed by atoms with van der Waals surface area (Å²) in [7, 11) is 3.32. The molecule has 1 aromatic heterocycles. The molecule has 4 nitrogen and oxygen atoms in total. The molecule has 0 radical (unpaired) electrons. The van der Waals surface area contributed by atoms with Crippen LogP contribution in [0.2, 0.25) is 0 Å². The van der Waals surface area contributed by atoms with Crippen molar-refractivity contribution in [3.63, 3.8) is 0 Å². The molecule has 0 N–H and O–H groups in total. The minimum atomic E-state index is -0.557. The maximum absolute atomic E-state index is 10.6. The molecule has 0 unspecified atom stereocenters. The molecule has 1 saturated heterocycles. The Labute approximate surface area is 102 Å². The third kappa shape index (κ3) is 3.61. The lowest BCUT2D eigenvalue weighted by Crippen LogP contribution is -2.28. The quantitative estimate of drug-likeness (QED) is 0.610. The summed E-state index contributed by atoms with van der Waals surface area (Å²) in [6, 6.07) is 5.82. The minimum Gasteiger partial charge on any atom is -0.434 e. The van der Waals surface area contributed by atoms with Gasteiger partial charge in [0.1, 0.15) is 18.2 Å². The fraction of sp³-hybridized carbons (Fsp3) is 0.400. The smallest absolute Gasteiger partial charge is 0.434 e. The molecular weight excluding hydrogens is 246 g/mol. The maximum Gasteiger partial charge on any atom is 0.508 e. The molecule has 2 rings (SSSR count). The average molecular weight is 257 g/mol. The molecular formula is C10H11NO3S2. The lowest BCUT2D eigenvalue weighted by atomic mass is 10.2. The van der Waals surface area contributed by atoms with Gasteiger partial charge in [0.05, 0.1) is 0 Å². The Morgan fingerprint density at radius 1 is 1.38 bits per heavy atom. The van der Waals surface area contributed by atoms with Gasteiger partial charge in [-0.3, -0.25) is 0 Å². The van der Waals surface area contributed by atoms with Gasteiger partial charge in [-0.15, -0.1) is 0 Å². The van der Waals surface area contributed by atoms with Gasteiger partial charge < -0.3 is 9.47 Å². The molecule has 0 atom stereocenters. The molecule has 0 bridgehead atoms. The highest BCUT2D eigenvalue weighted by Crippen LogP contribution is 2.31. The predicted molar refractivity (Wildman–Crippen MR) is 63.3 cm³/mol. The zero-order chi connectivity index (χ0) is 11.2. The van der Waals surface area contributed by atoms with Crippen LogP contribution in [-0.4, -0.2) is 30.1 Å². The van der Waals surface area contributed by atoms with Crippen LogP contribution < -0.4 is 0 Å². The van der Waals surface area contributed by atoms with Crippen molar-refractivity contribution in [3.05, 3.63) is 24.4 Å². The molecule has 0 saturated carbocycles. The van der Waals surface area contributed by atoms with Crippen molar-refractivity contribution in [1.29, 1.82) is 0 Å². The first-order valence-corrected chi connectivity index (χ1v) is 7.16. The Bertz CT molecular complexity index is 337. The summed E-state index contributed by atoms with van der Waals surface area (Å²) in [6.07, 6.45) is 1.22. The zero-order valence-corrected chi connectivity index (χ0v) is 10.1. The van der Waals surface area contributed by atoms with Crippen LogP contribution >= 0.6 is 21.6 Å². The van der Waals surface area contributed by atoms with Gasteiger partial charge in [-0.05, 0) is 22.9 Å². The molecule has 16 heavy (non-hydrogen) atoms. The first-order chi connectivity index (χ1) is 7.84.